The molecule has 0 bridgehead atoms. The fourth-order valence-corrected chi connectivity index (χ4v) is 1.88. The van der Waals surface area contributed by atoms with Crippen molar-refractivity contribution in [2.24, 2.45) is 11.7 Å². The number of aliphatic carboxylic acids is 1. The Hall–Kier alpha value is -1.79. The lowest BCUT2D eigenvalue weighted by Gasteiger charge is -2.28. The molecular weight excluding hydrogens is 262 g/mol. The van der Waals surface area contributed by atoms with Gasteiger partial charge in [-0.05, 0) is 39.0 Å². The van der Waals surface area contributed by atoms with Gasteiger partial charge in [-0.25, -0.2) is 9.59 Å². The predicted octanol–water partition coefficient (Wildman–Crippen LogP) is 0.535. The molecule has 0 aromatic heterocycles. The van der Waals surface area contributed by atoms with Crippen LogP contribution in [0.15, 0.2) is 0 Å². The lowest BCUT2D eigenvalue weighted by molar-refractivity contribution is -0.139. The molecule has 0 spiro atoms. The molecule has 1 rings (SSSR count). The molecule has 7 heteroatoms. The molecule has 1 fully saturated rings. The first-order valence-electron chi connectivity index (χ1n) is 6.89. The van der Waals surface area contributed by atoms with Crippen LogP contribution < -0.4 is 11.1 Å². The maximum Gasteiger partial charge on any atom is 0.326 e. The van der Waals surface area contributed by atoms with Crippen LogP contribution >= 0.6 is 0 Å². The molecule has 1 saturated carbocycles. The number of amides is 3. The van der Waals surface area contributed by atoms with E-state index in [2.05, 4.69) is 5.32 Å². The third kappa shape index (κ3) is 5.46. The summed E-state index contributed by atoms with van der Waals surface area (Å²) >= 11 is 0. The highest BCUT2D eigenvalue weighted by Crippen LogP contribution is 2.30. The van der Waals surface area contributed by atoms with Crippen molar-refractivity contribution >= 4 is 17.9 Å². The van der Waals surface area contributed by atoms with E-state index in [1.54, 1.807) is 4.90 Å². The van der Waals surface area contributed by atoms with E-state index < -0.39 is 23.9 Å². The number of carbonyl (C=O) groups is 3. The van der Waals surface area contributed by atoms with Gasteiger partial charge in [0.05, 0.1) is 0 Å². The number of nitrogens with zero attached hydrogens (tertiary/aromatic N) is 1. The molecule has 3 amide bonds. The highest BCUT2D eigenvalue weighted by Gasteiger charge is 2.30. The van der Waals surface area contributed by atoms with E-state index in [1.165, 1.54) is 0 Å². The van der Waals surface area contributed by atoms with Crippen molar-refractivity contribution in [1.82, 2.24) is 10.2 Å². The zero-order valence-electron chi connectivity index (χ0n) is 12.0. The smallest absolute Gasteiger partial charge is 0.326 e. The van der Waals surface area contributed by atoms with Crippen LogP contribution in [0.3, 0.4) is 0 Å². The fourth-order valence-electron chi connectivity index (χ4n) is 1.88. The second-order valence-corrected chi connectivity index (χ2v) is 5.53. The molecule has 20 heavy (non-hydrogen) atoms. The van der Waals surface area contributed by atoms with E-state index >= 15 is 0 Å². The van der Waals surface area contributed by atoms with Gasteiger partial charge in [-0.3, -0.25) is 4.79 Å². The third-order valence-corrected chi connectivity index (χ3v) is 3.31. The van der Waals surface area contributed by atoms with E-state index in [0.717, 1.165) is 12.8 Å². The minimum atomic E-state index is -1.16. The standard InChI is InChI=1S/C13H23N3O4/c1-8(2)16(7-9-3-4-9)13(20)15-10(12(18)19)5-6-11(14)17/h8-10H,3-7H2,1-2H3,(H2,14,17)(H,15,20)(H,18,19)/t10-/m0/s1. The van der Waals surface area contributed by atoms with Crippen molar-refractivity contribution < 1.29 is 19.5 Å². The monoisotopic (exact) mass is 285 g/mol. The van der Waals surface area contributed by atoms with Crippen LogP contribution in [0.4, 0.5) is 4.79 Å². The van der Waals surface area contributed by atoms with Crippen molar-refractivity contribution in [3.05, 3.63) is 0 Å². The molecule has 0 aliphatic heterocycles. The number of carboxylic acids is 1. The Labute approximate surface area is 118 Å². The molecule has 0 radical (unpaired) electrons. The van der Waals surface area contributed by atoms with Gasteiger partial charge >= 0.3 is 12.0 Å². The average molecular weight is 285 g/mol. The van der Waals surface area contributed by atoms with Gasteiger partial charge < -0.3 is 21.1 Å². The summed E-state index contributed by atoms with van der Waals surface area (Å²) in [5.74, 6) is -1.21. The lowest BCUT2D eigenvalue weighted by Crippen LogP contribution is -2.51. The van der Waals surface area contributed by atoms with E-state index in [1.807, 2.05) is 13.8 Å². The van der Waals surface area contributed by atoms with Crippen LogP contribution in [0.2, 0.25) is 0 Å². The molecule has 7 nitrogen and oxygen atoms in total. The number of hydrogen-bond donors (Lipinski definition) is 3. The maximum atomic E-state index is 12.1. The molecule has 0 aromatic carbocycles. The Balaban J connectivity index is 2.57. The van der Waals surface area contributed by atoms with Crippen molar-refractivity contribution in [1.29, 1.82) is 0 Å². The minimum absolute atomic E-state index is 0.00110. The number of nitrogens with one attached hydrogen (secondary N) is 1. The van der Waals surface area contributed by atoms with Crippen molar-refractivity contribution in [3.8, 4) is 0 Å². The van der Waals surface area contributed by atoms with Crippen LogP contribution in [0.5, 0.6) is 0 Å². The number of urea groups is 1. The number of carboxylic acid groups (broad SMARTS) is 1. The number of carbonyl (C=O) groups excluding carboxylic acids is 2. The SMILES string of the molecule is CC(C)N(CC1CC1)C(=O)N[C@@H](CCC(N)=O)C(=O)O. The summed E-state index contributed by atoms with van der Waals surface area (Å²) in [4.78, 5) is 35.6. The van der Waals surface area contributed by atoms with E-state index in [-0.39, 0.29) is 18.9 Å². The van der Waals surface area contributed by atoms with Gasteiger partial charge in [0.25, 0.3) is 0 Å². The number of hydrogen-bond acceptors (Lipinski definition) is 3. The molecule has 1 aliphatic carbocycles. The first-order valence-corrected chi connectivity index (χ1v) is 6.89. The molecule has 0 heterocycles. The van der Waals surface area contributed by atoms with Crippen LogP contribution in [0.1, 0.15) is 39.5 Å². The largest absolute Gasteiger partial charge is 0.480 e. The van der Waals surface area contributed by atoms with Crippen LogP contribution in [0.25, 0.3) is 0 Å². The topological polar surface area (TPSA) is 113 Å². The van der Waals surface area contributed by atoms with Gasteiger partial charge in [0.1, 0.15) is 6.04 Å². The van der Waals surface area contributed by atoms with Crippen LogP contribution in [-0.2, 0) is 9.59 Å². The van der Waals surface area contributed by atoms with E-state index in [0.29, 0.717) is 12.5 Å². The average Bonchev–Trinajstić information content (AvgIpc) is 3.13. The summed E-state index contributed by atoms with van der Waals surface area (Å²) in [6.07, 6.45) is 2.16. The Morgan fingerprint density at radius 1 is 1.35 bits per heavy atom. The number of primary amides is 1. The van der Waals surface area contributed by atoms with Gasteiger partial charge in [0.15, 0.2) is 0 Å². The second-order valence-electron chi connectivity index (χ2n) is 5.53. The molecule has 1 atom stereocenters. The molecule has 0 unspecified atom stereocenters. The van der Waals surface area contributed by atoms with Gasteiger partial charge in [0.2, 0.25) is 5.91 Å². The summed E-state index contributed by atoms with van der Waals surface area (Å²) in [5.41, 5.74) is 5.00. The van der Waals surface area contributed by atoms with E-state index in [9.17, 15) is 14.4 Å². The summed E-state index contributed by atoms with van der Waals surface area (Å²) < 4.78 is 0. The molecule has 0 aromatic rings. The second kappa shape index (κ2) is 7.12. The third-order valence-electron chi connectivity index (χ3n) is 3.31. The van der Waals surface area contributed by atoms with Crippen molar-refractivity contribution in [2.75, 3.05) is 6.54 Å². The first-order chi connectivity index (χ1) is 9.31. The molecule has 0 saturated heterocycles. The molecule has 114 valence electrons. The molecular formula is C13H23N3O4. The number of nitrogens with two attached hydrogens (primary N) is 1. The van der Waals surface area contributed by atoms with Crippen molar-refractivity contribution in [2.45, 2.75) is 51.6 Å². The number of rotatable bonds is 8. The highest BCUT2D eigenvalue weighted by atomic mass is 16.4. The zero-order chi connectivity index (χ0) is 15.3. The van der Waals surface area contributed by atoms with Crippen molar-refractivity contribution in [3.63, 3.8) is 0 Å². The fraction of sp³-hybridized carbons (Fsp3) is 0.769. The Bertz CT molecular complexity index is 380. The van der Waals surface area contributed by atoms with Gasteiger partial charge in [-0.1, -0.05) is 0 Å². The van der Waals surface area contributed by atoms with Crippen LogP contribution in [-0.4, -0.2) is 46.5 Å². The molecule has 1 aliphatic rings. The Morgan fingerprint density at radius 3 is 2.35 bits per heavy atom. The maximum absolute atomic E-state index is 12.1. The normalized spacial score (nSPS) is 15.8. The quantitative estimate of drug-likeness (QED) is 0.604. The van der Waals surface area contributed by atoms with Gasteiger partial charge in [-0.2, -0.15) is 0 Å². The van der Waals surface area contributed by atoms with Crippen LogP contribution in [0, 0.1) is 5.92 Å². The zero-order valence-corrected chi connectivity index (χ0v) is 12.0. The minimum Gasteiger partial charge on any atom is -0.480 e. The van der Waals surface area contributed by atoms with E-state index in [4.69, 9.17) is 10.8 Å². The first kappa shape index (κ1) is 16.3. The summed E-state index contributed by atoms with van der Waals surface area (Å²) in [7, 11) is 0. The predicted molar refractivity (Wildman–Crippen MR) is 72.9 cm³/mol. The van der Waals surface area contributed by atoms with Gasteiger partial charge in [-0.15, -0.1) is 0 Å². The summed E-state index contributed by atoms with van der Waals surface area (Å²) in [6.45, 7) is 4.42. The Morgan fingerprint density at radius 2 is 1.95 bits per heavy atom. The summed E-state index contributed by atoms with van der Waals surface area (Å²) in [5, 5.41) is 11.5. The molecule has 4 N–H and O–H groups in total. The Kier molecular flexibility index (Phi) is 5.79. The summed E-state index contributed by atoms with van der Waals surface area (Å²) in [6, 6.07) is -1.49. The van der Waals surface area contributed by atoms with Gasteiger partial charge in [0, 0.05) is 19.0 Å². The lowest BCUT2D eigenvalue weighted by atomic mass is 10.1. The highest BCUT2D eigenvalue weighted by molar-refractivity contribution is 5.83.